The summed E-state index contributed by atoms with van der Waals surface area (Å²) in [4.78, 5) is 21.0. The first-order chi connectivity index (χ1) is 11.1. The van der Waals surface area contributed by atoms with Gasteiger partial charge < -0.3 is 15.1 Å². The van der Waals surface area contributed by atoms with Crippen LogP contribution < -0.4 is 10.2 Å². The Hall–Kier alpha value is -2.11. The minimum atomic E-state index is -0.255. The summed E-state index contributed by atoms with van der Waals surface area (Å²) in [6, 6.07) is 12.9. The highest BCUT2D eigenvalue weighted by atomic mass is 35.5. The molecular weight excluding hydrogens is 312 g/mol. The average molecular weight is 331 g/mol. The Morgan fingerprint density at radius 2 is 1.83 bits per heavy atom. The molecule has 1 amide bonds. The predicted octanol–water partition coefficient (Wildman–Crippen LogP) is 2.74. The lowest BCUT2D eigenvalue weighted by Gasteiger charge is -2.35. The van der Waals surface area contributed by atoms with Gasteiger partial charge in [-0.2, -0.15) is 0 Å². The summed E-state index contributed by atoms with van der Waals surface area (Å²) in [5.41, 5.74) is 2.14. The number of halogens is 1. The van der Waals surface area contributed by atoms with Gasteiger partial charge in [0, 0.05) is 26.2 Å². The van der Waals surface area contributed by atoms with Gasteiger partial charge >= 0.3 is 0 Å². The largest absolute Gasteiger partial charge is 0.367 e. The van der Waals surface area contributed by atoms with Crippen molar-refractivity contribution in [3.63, 3.8) is 0 Å². The van der Waals surface area contributed by atoms with Crippen LogP contribution >= 0.6 is 11.6 Å². The molecule has 0 saturated carbocycles. The molecule has 1 aliphatic heterocycles. The topological polar surface area (TPSA) is 48.5 Å². The fraction of sp³-hybridized carbons (Fsp3) is 0.294. The van der Waals surface area contributed by atoms with E-state index in [1.807, 2.05) is 24.3 Å². The van der Waals surface area contributed by atoms with Crippen molar-refractivity contribution >= 4 is 28.9 Å². The van der Waals surface area contributed by atoms with Crippen LogP contribution in [0.4, 0.5) is 11.4 Å². The number of carbonyl (C=O) groups excluding carboxylic acids is 1. The Balaban J connectivity index is 1.79. The number of para-hydroxylation sites is 2. The molecule has 0 radical (unpaired) electrons. The van der Waals surface area contributed by atoms with Gasteiger partial charge in [-0.1, -0.05) is 29.8 Å². The lowest BCUT2D eigenvalue weighted by Crippen LogP contribution is -2.44. The molecule has 0 atom stereocenters. The zero-order chi connectivity index (χ0) is 16.2. The van der Waals surface area contributed by atoms with E-state index in [-0.39, 0.29) is 5.91 Å². The molecule has 1 aliphatic rings. The van der Waals surface area contributed by atoms with Gasteiger partial charge in [0.05, 0.1) is 11.4 Å². The van der Waals surface area contributed by atoms with Crippen molar-refractivity contribution in [1.29, 1.82) is 0 Å². The zero-order valence-corrected chi connectivity index (χ0v) is 13.8. The van der Waals surface area contributed by atoms with Crippen LogP contribution in [0.5, 0.6) is 0 Å². The monoisotopic (exact) mass is 330 g/mol. The molecule has 0 bridgehead atoms. The summed E-state index contributed by atoms with van der Waals surface area (Å²) in [5.74, 6) is -0.255. The Morgan fingerprint density at radius 3 is 2.57 bits per heavy atom. The third-order valence-electron chi connectivity index (χ3n) is 3.94. The van der Waals surface area contributed by atoms with Crippen LogP contribution in [-0.4, -0.2) is 49.0 Å². The highest BCUT2D eigenvalue weighted by molar-refractivity contribution is 6.29. The lowest BCUT2D eigenvalue weighted by molar-refractivity contribution is 0.102. The molecule has 0 unspecified atom stereocenters. The summed E-state index contributed by atoms with van der Waals surface area (Å²) in [5, 5.41) is 3.26. The van der Waals surface area contributed by atoms with Gasteiger partial charge in [-0.15, -0.1) is 0 Å². The average Bonchev–Trinajstić information content (AvgIpc) is 2.56. The van der Waals surface area contributed by atoms with E-state index in [0.717, 1.165) is 37.6 Å². The number of nitrogens with one attached hydrogen (secondary N) is 1. The van der Waals surface area contributed by atoms with Crippen molar-refractivity contribution in [2.75, 3.05) is 43.4 Å². The number of nitrogens with zero attached hydrogens (tertiary/aromatic N) is 3. The van der Waals surface area contributed by atoms with Crippen LogP contribution in [0.2, 0.25) is 5.15 Å². The Morgan fingerprint density at radius 1 is 1.09 bits per heavy atom. The SMILES string of the molecule is CN1CCN(c2ccccc2NC(=O)c2cccc(Cl)n2)CC1. The van der Waals surface area contributed by atoms with Crippen LogP contribution in [0.3, 0.4) is 0 Å². The molecule has 0 aliphatic carbocycles. The van der Waals surface area contributed by atoms with E-state index in [1.54, 1.807) is 18.2 Å². The summed E-state index contributed by atoms with van der Waals surface area (Å²) < 4.78 is 0. The summed E-state index contributed by atoms with van der Waals surface area (Å²) >= 11 is 5.85. The molecular formula is C17H19ClN4O. The van der Waals surface area contributed by atoms with Gasteiger partial charge in [0.1, 0.15) is 10.8 Å². The molecule has 3 rings (SSSR count). The molecule has 1 fully saturated rings. The molecule has 1 saturated heterocycles. The molecule has 5 nitrogen and oxygen atoms in total. The van der Waals surface area contributed by atoms with E-state index < -0.39 is 0 Å². The molecule has 1 aromatic carbocycles. The maximum absolute atomic E-state index is 12.4. The highest BCUT2D eigenvalue weighted by Crippen LogP contribution is 2.27. The maximum atomic E-state index is 12.4. The summed E-state index contributed by atoms with van der Waals surface area (Å²) in [6.45, 7) is 3.91. The van der Waals surface area contributed by atoms with E-state index in [4.69, 9.17) is 11.6 Å². The van der Waals surface area contributed by atoms with Gasteiger partial charge in [-0.25, -0.2) is 4.98 Å². The maximum Gasteiger partial charge on any atom is 0.274 e. The number of rotatable bonds is 3. The molecule has 1 N–H and O–H groups in total. The number of benzene rings is 1. The Kier molecular flexibility index (Phi) is 4.79. The Labute approximate surface area is 140 Å². The number of hydrogen-bond acceptors (Lipinski definition) is 4. The second-order valence-corrected chi connectivity index (χ2v) is 5.99. The molecule has 23 heavy (non-hydrogen) atoms. The molecule has 120 valence electrons. The van der Waals surface area contributed by atoms with Crippen molar-refractivity contribution in [2.24, 2.45) is 0 Å². The number of piperazine rings is 1. The van der Waals surface area contributed by atoms with Crippen LogP contribution in [-0.2, 0) is 0 Å². The predicted molar refractivity (Wildman–Crippen MR) is 93.4 cm³/mol. The first-order valence-electron chi connectivity index (χ1n) is 7.60. The van der Waals surface area contributed by atoms with E-state index in [1.165, 1.54) is 0 Å². The number of likely N-dealkylation sites (N-methyl/N-ethyl adjacent to an activating group) is 1. The van der Waals surface area contributed by atoms with Crippen molar-refractivity contribution in [3.8, 4) is 0 Å². The second-order valence-electron chi connectivity index (χ2n) is 5.61. The minimum absolute atomic E-state index is 0.255. The van der Waals surface area contributed by atoms with Gasteiger partial charge in [0.25, 0.3) is 5.91 Å². The van der Waals surface area contributed by atoms with E-state index in [0.29, 0.717) is 10.8 Å². The number of hydrogen-bond donors (Lipinski definition) is 1. The zero-order valence-electron chi connectivity index (χ0n) is 13.0. The van der Waals surface area contributed by atoms with Crippen LogP contribution in [0.1, 0.15) is 10.5 Å². The molecule has 2 heterocycles. The Bertz CT molecular complexity index is 698. The van der Waals surface area contributed by atoms with E-state index in [9.17, 15) is 4.79 Å². The van der Waals surface area contributed by atoms with Gasteiger partial charge in [0.15, 0.2) is 0 Å². The van der Waals surface area contributed by atoms with Crippen molar-refractivity contribution in [2.45, 2.75) is 0 Å². The fourth-order valence-electron chi connectivity index (χ4n) is 2.62. The number of aromatic nitrogens is 1. The molecule has 1 aromatic heterocycles. The van der Waals surface area contributed by atoms with Crippen molar-refractivity contribution in [3.05, 3.63) is 53.3 Å². The normalized spacial score (nSPS) is 15.5. The van der Waals surface area contributed by atoms with Crippen LogP contribution in [0.25, 0.3) is 0 Å². The number of carbonyl (C=O) groups is 1. The molecule has 2 aromatic rings. The molecule has 0 spiro atoms. The van der Waals surface area contributed by atoms with Crippen LogP contribution in [0, 0.1) is 0 Å². The second kappa shape index (κ2) is 6.98. The fourth-order valence-corrected chi connectivity index (χ4v) is 2.79. The number of pyridine rings is 1. The smallest absolute Gasteiger partial charge is 0.274 e. The third kappa shape index (κ3) is 3.81. The molecule has 6 heteroatoms. The van der Waals surface area contributed by atoms with E-state index >= 15 is 0 Å². The first-order valence-corrected chi connectivity index (χ1v) is 7.98. The minimum Gasteiger partial charge on any atom is -0.367 e. The van der Waals surface area contributed by atoms with Crippen molar-refractivity contribution in [1.82, 2.24) is 9.88 Å². The highest BCUT2D eigenvalue weighted by Gasteiger charge is 2.18. The standard InChI is InChI=1S/C17H19ClN4O/c1-21-9-11-22(12-10-21)15-7-3-2-5-13(15)20-17(23)14-6-4-8-16(18)19-14/h2-8H,9-12H2,1H3,(H,20,23). The summed E-state index contributed by atoms with van der Waals surface area (Å²) in [6.07, 6.45) is 0. The number of amides is 1. The quantitative estimate of drug-likeness (QED) is 0.879. The summed E-state index contributed by atoms with van der Waals surface area (Å²) in [7, 11) is 2.12. The van der Waals surface area contributed by atoms with Gasteiger partial charge in [-0.3, -0.25) is 4.79 Å². The van der Waals surface area contributed by atoms with Gasteiger partial charge in [0.2, 0.25) is 0 Å². The first kappa shape index (κ1) is 15.8. The van der Waals surface area contributed by atoms with E-state index in [2.05, 4.69) is 27.1 Å². The van der Waals surface area contributed by atoms with Gasteiger partial charge in [-0.05, 0) is 31.3 Å². The third-order valence-corrected chi connectivity index (χ3v) is 4.15. The lowest BCUT2D eigenvalue weighted by atomic mass is 10.2. The van der Waals surface area contributed by atoms with Crippen LogP contribution in [0.15, 0.2) is 42.5 Å². The number of anilines is 2. The van der Waals surface area contributed by atoms with Crippen molar-refractivity contribution < 1.29 is 4.79 Å².